The SMILES string of the molecule is COc1ccc([N+](=O)[O-])cc1N1C(=O)[C@@H]2[C@H](C1=O)[C@H]1C=Cc3ccccc3N1[C@@H]2C(=O)n1nnc2ccccc21. The lowest BCUT2D eigenvalue weighted by Gasteiger charge is -2.36. The first-order chi connectivity index (χ1) is 19.4. The van der Waals surface area contributed by atoms with E-state index in [1.165, 1.54) is 23.9 Å². The first kappa shape index (κ1) is 23.7. The maximum Gasteiger partial charge on any atom is 0.272 e. The number of methoxy groups -OCH3 is 1. The molecule has 3 aliphatic rings. The standard InChI is InChI=1S/C28H20N6O6/c1-40-22-13-11-16(34(38)39)14-21(22)32-26(35)23-20-12-10-15-6-2-4-8-18(15)31(20)25(24(23)27(32)36)28(37)33-19-9-5-3-7-17(19)29-30-33/h2-14,20,23-25H,1H3/t20-,23-,24-,25+/m1/s1. The molecule has 0 saturated carbocycles. The molecule has 12 heteroatoms. The summed E-state index contributed by atoms with van der Waals surface area (Å²) < 4.78 is 6.54. The highest BCUT2D eigenvalue weighted by Gasteiger charge is 2.65. The van der Waals surface area contributed by atoms with Crippen LogP contribution >= 0.6 is 0 Å². The van der Waals surface area contributed by atoms with Crippen molar-refractivity contribution in [3.8, 4) is 5.75 Å². The van der Waals surface area contributed by atoms with Gasteiger partial charge in [-0.05, 0) is 29.8 Å². The van der Waals surface area contributed by atoms with Crippen molar-refractivity contribution in [3.63, 3.8) is 0 Å². The first-order valence-corrected chi connectivity index (χ1v) is 12.5. The van der Waals surface area contributed by atoms with Gasteiger partial charge in [-0.25, -0.2) is 4.90 Å². The molecule has 12 nitrogen and oxygen atoms in total. The molecule has 2 amide bonds. The van der Waals surface area contributed by atoms with E-state index >= 15 is 0 Å². The summed E-state index contributed by atoms with van der Waals surface area (Å²) in [7, 11) is 1.35. The number of ether oxygens (including phenoxy) is 1. The average molecular weight is 537 g/mol. The summed E-state index contributed by atoms with van der Waals surface area (Å²) in [6.45, 7) is 0. The Morgan fingerprint density at radius 2 is 1.73 bits per heavy atom. The molecule has 7 rings (SSSR count). The summed E-state index contributed by atoms with van der Waals surface area (Å²) in [6.07, 6.45) is 3.70. The number of anilines is 2. The van der Waals surface area contributed by atoms with E-state index in [0.29, 0.717) is 16.7 Å². The zero-order chi connectivity index (χ0) is 27.7. The van der Waals surface area contributed by atoms with E-state index in [4.69, 9.17) is 4.74 Å². The minimum absolute atomic E-state index is 0.0368. The molecule has 2 fully saturated rings. The molecule has 0 N–H and O–H groups in total. The molecule has 1 aromatic heterocycles. The Hall–Kier alpha value is -5.39. The number of para-hydroxylation sites is 2. The summed E-state index contributed by atoms with van der Waals surface area (Å²) in [4.78, 5) is 56.2. The van der Waals surface area contributed by atoms with Crippen molar-refractivity contribution in [2.75, 3.05) is 16.9 Å². The molecule has 4 atom stereocenters. The van der Waals surface area contributed by atoms with Crippen LogP contribution < -0.4 is 14.5 Å². The third kappa shape index (κ3) is 3.16. The second-order valence-electron chi connectivity index (χ2n) is 9.77. The minimum Gasteiger partial charge on any atom is -0.495 e. The number of fused-ring (bicyclic) bond motifs is 6. The van der Waals surface area contributed by atoms with Crippen LogP contribution in [0, 0.1) is 22.0 Å². The Morgan fingerprint density at radius 3 is 2.52 bits per heavy atom. The van der Waals surface area contributed by atoms with E-state index in [1.54, 1.807) is 24.3 Å². The molecule has 3 aliphatic heterocycles. The van der Waals surface area contributed by atoms with Gasteiger partial charge >= 0.3 is 0 Å². The molecule has 0 spiro atoms. The normalized spacial score (nSPS) is 22.8. The van der Waals surface area contributed by atoms with Crippen LogP contribution in [-0.2, 0) is 9.59 Å². The molecule has 4 aromatic rings. The Labute approximate surface area is 226 Å². The average Bonchev–Trinajstić information content (AvgIpc) is 3.63. The van der Waals surface area contributed by atoms with Crippen molar-refractivity contribution in [3.05, 3.63) is 88.5 Å². The largest absolute Gasteiger partial charge is 0.495 e. The van der Waals surface area contributed by atoms with E-state index in [-0.39, 0.29) is 17.1 Å². The third-order valence-corrected chi connectivity index (χ3v) is 7.84. The monoisotopic (exact) mass is 536 g/mol. The highest BCUT2D eigenvalue weighted by molar-refractivity contribution is 6.25. The maximum atomic E-state index is 14.3. The van der Waals surface area contributed by atoms with Crippen molar-refractivity contribution in [2.24, 2.45) is 11.8 Å². The van der Waals surface area contributed by atoms with Crippen molar-refractivity contribution < 1.29 is 24.0 Å². The lowest BCUT2D eigenvalue weighted by atomic mass is 9.88. The number of non-ortho nitro benzene ring substituents is 1. The van der Waals surface area contributed by atoms with E-state index < -0.39 is 46.6 Å². The van der Waals surface area contributed by atoms with E-state index in [9.17, 15) is 24.5 Å². The van der Waals surface area contributed by atoms with Gasteiger partial charge in [-0.1, -0.05) is 47.7 Å². The Balaban J connectivity index is 1.40. The molecule has 0 radical (unpaired) electrons. The highest BCUT2D eigenvalue weighted by Crippen LogP contribution is 2.50. The van der Waals surface area contributed by atoms with Gasteiger partial charge in [0.05, 0.1) is 35.4 Å². The first-order valence-electron chi connectivity index (χ1n) is 12.5. The summed E-state index contributed by atoms with van der Waals surface area (Å²) in [5.41, 5.74) is 2.21. The van der Waals surface area contributed by atoms with Gasteiger partial charge in [0.15, 0.2) is 0 Å². The van der Waals surface area contributed by atoms with Crippen molar-refractivity contribution in [2.45, 2.75) is 12.1 Å². The number of aromatic nitrogens is 3. The van der Waals surface area contributed by atoms with Crippen LogP contribution in [0.4, 0.5) is 17.1 Å². The molecule has 3 aromatic carbocycles. The molecule has 0 bridgehead atoms. The van der Waals surface area contributed by atoms with Crippen LogP contribution in [0.1, 0.15) is 10.4 Å². The fraction of sp³-hybridized carbons (Fsp3) is 0.179. The van der Waals surface area contributed by atoms with Crippen molar-refractivity contribution >= 4 is 51.9 Å². The third-order valence-electron chi connectivity index (χ3n) is 7.84. The predicted molar refractivity (Wildman–Crippen MR) is 143 cm³/mol. The lowest BCUT2D eigenvalue weighted by molar-refractivity contribution is -0.384. The van der Waals surface area contributed by atoms with Gasteiger partial charge in [-0.15, -0.1) is 5.10 Å². The molecule has 4 heterocycles. The summed E-state index contributed by atoms with van der Waals surface area (Å²) in [5.74, 6) is -3.61. The quantitative estimate of drug-likeness (QED) is 0.219. The van der Waals surface area contributed by atoms with Crippen LogP contribution in [0.2, 0.25) is 0 Å². The number of nitrogens with zero attached hydrogens (tertiary/aromatic N) is 6. The Bertz CT molecular complexity index is 1800. The minimum atomic E-state index is -1.10. The van der Waals surface area contributed by atoms with Crippen molar-refractivity contribution in [1.82, 2.24) is 15.0 Å². The molecule has 2 saturated heterocycles. The fourth-order valence-electron chi connectivity index (χ4n) is 6.16. The van der Waals surface area contributed by atoms with Gasteiger partial charge in [0.25, 0.3) is 11.6 Å². The number of hydrogen-bond donors (Lipinski definition) is 0. The van der Waals surface area contributed by atoms with Gasteiger partial charge in [0.1, 0.15) is 23.0 Å². The van der Waals surface area contributed by atoms with Gasteiger partial charge in [0.2, 0.25) is 11.8 Å². The number of nitro benzene ring substituents is 1. The predicted octanol–water partition coefficient (Wildman–Crippen LogP) is 3.08. The van der Waals surface area contributed by atoms with E-state index in [2.05, 4.69) is 10.3 Å². The second kappa shape index (κ2) is 8.56. The number of carbonyl (C=O) groups excluding carboxylic acids is 3. The van der Waals surface area contributed by atoms with E-state index in [1.807, 2.05) is 41.3 Å². The number of nitro groups is 1. The Morgan fingerprint density at radius 1 is 0.975 bits per heavy atom. The zero-order valence-electron chi connectivity index (χ0n) is 20.9. The summed E-state index contributed by atoms with van der Waals surface area (Å²) in [5, 5.41) is 19.7. The zero-order valence-corrected chi connectivity index (χ0v) is 20.9. The molecule has 198 valence electrons. The molecule has 40 heavy (non-hydrogen) atoms. The van der Waals surface area contributed by atoms with Crippen LogP contribution in [0.25, 0.3) is 17.1 Å². The molecular formula is C28H20N6O6. The topological polar surface area (TPSA) is 141 Å². The van der Waals surface area contributed by atoms with Gasteiger partial charge < -0.3 is 9.64 Å². The number of amides is 2. The van der Waals surface area contributed by atoms with Crippen LogP contribution in [0.15, 0.2) is 72.8 Å². The number of benzene rings is 3. The highest BCUT2D eigenvalue weighted by atomic mass is 16.6. The fourth-order valence-corrected chi connectivity index (χ4v) is 6.16. The number of carbonyl (C=O) groups is 3. The van der Waals surface area contributed by atoms with E-state index in [0.717, 1.165) is 16.5 Å². The van der Waals surface area contributed by atoms with Crippen LogP contribution in [0.5, 0.6) is 5.75 Å². The smallest absolute Gasteiger partial charge is 0.272 e. The molecule has 0 aliphatic carbocycles. The van der Waals surface area contributed by atoms with Crippen LogP contribution in [0.3, 0.4) is 0 Å². The molecular weight excluding hydrogens is 516 g/mol. The molecule has 0 unspecified atom stereocenters. The van der Waals surface area contributed by atoms with Gasteiger partial charge in [-0.2, -0.15) is 4.68 Å². The second-order valence-corrected chi connectivity index (χ2v) is 9.77. The number of imide groups is 1. The summed E-state index contributed by atoms with van der Waals surface area (Å²) >= 11 is 0. The Kier molecular flexibility index (Phi) is 5.07. The summed E-state index contributed by atoms with van der Waals surface area (Å²) in [6, 6.07) is 16.4. The maximum absolute atomic E-state index is 14.3. The lowest BCUT2D eigenvalue weighted by Crippen LogP contribution is -2.50. The van der Waals surface area contributed by atoms with Gasteiger partial charge in [0, 0.05) is 17.8 Å². The van der Waals surface area contributed by atoms with Crippen molar-refractivity contribution in [1.29, 1.82) is 0 Å². The number of rotatable bonds is 4. The van der Waals surface area contributed by atoms with Crippen LogP contribution in [-0.4, -0.2) is 56.8 Å². The van der Waals surface area contributed by atoms with Gasteiger partial charge in [-0.3, -0.25) is 24.5 Å². The number of hydrogen-bond acceptors (Lipinski definition) is 9.